The zero-order valence-electron chi connectivity index (χ0n) is 10.3. The van der Waals surface area contributed by atoms with Crippen LogP contribution in [0.5, 0.6) is 0 Å². The third-order valence-electron chi connectivity index (χ3n) is 2.81. The predicted molar refractivity (Wildman–Crippen MR) is 77.9 cm³/mol. The maximum absolute atomic E-state index is 10.1. The Hall–Kier alpha value is -1.72. The number of aliphatic hydroxyl groups excluding tert-OH is 1. The summed E-state index contributed by atoms with van der Waals surface area (Å²) >= 11 is 3.38. The van der Waals surface area contributed by atoms with Crippen LogP contribution in [0.1, 0.15) is 11.8 Å². The lowest BCUT2D eigenvalue weighted by Crippen LogP contribution is -2.07. The number of halogens is 1. The van der Waals surface area contributed by atoms with Gasteiger partial charge in [-0.1, -0.05) is 33.3 Å². The number of benzene rings is 1. The normalized spacial score (nSPS) is 12.4. The molecule has 0 aliphatic carbocycles. The first-order valence-electron chi connectivity index (χ1n) is 5.77. The molecule has 1 N–H and O–H groups in total. The summed E-state index contributed by atoms with van der Waals surface area (Å²) in [5.41, 5.74) is 1.37. The SMILES string of the molecule is C=CC(C=C)C(O)c1cn(-c2ccc(Br)cc2)nn1. The first-order valence-corrected chi connectivity index (χ1v) is 6.56. The zero-order valence-corrected chi connectivity index (χ0v) is 11.9. The minimum atomic E-state index is -0.779. The van der Waals surface area contributed by atoms with Gasteiger partial charge in [0, 0.05) is 10.4 Å². The molecule has 2 aromatic rings. The monoisotopic (exact) mass is 319 g/mol. The molecular weight excluding hydrogens is 306 g/mol. The van der Waals surface area contributed by atoms with E-state index in [1.54, 1.807) is 23.0 Å². The minimum Gasteiger partial charge on any atom is -0.386 e. The van der Waals surface area contributed by atoms with E-state index >= 15 is 0 Å². The zero-order chi connectivity index (χ0) is 13.8. The average Bonchev–Trinajstić information content (AvgIpc) is 2.90. The average molecular weight is 320 g/mol. The Balaban J connectivity index is 2.25. The van der Waals surface area contributed by atoms with Gasteiger partial charge in [0.2, 0.25) is 0 Å². The van der Waals surface area contributed by atoms with Gasteiger partial charge in [0.25, 0.3) is 0 Å². The smallest absolute Gasteiger partial charge is 0.113 e. The fraction of sp³-hybridized carbons (Fsp3) is 0.143. The highest BCUT2D eigenvalue weighted by atomic mass is 79.9. The van der Waals surface area contributed by atoms with Crippen molar-refractivity contribution in [1.29, 1.82) is 0 Å². The van der Waals surface area contributed by atoms with Crippen molar-refractivity contribution in [2.24, 2.45) is 5.92 Å². The summed E-state index contributed by atoms with van der Waals surface area (Å²) in [5, 5.41) is 18.1. The lowest BCUT2D eigenvalue weighted by Gasteiger charge is -2.12. The molecule has 98 valence electrons. The van der Waals surface area contributed by atoms with E-state index in [1.165, 1.54) is 0 Å². The highest BCUT2D eigenvalue weighted by Crippen LogP contribution is 2.22. The summed E-state index contributed by atoms with van der Waals surface area (Å²) in [6, 6.07) is 7.66. The Bertz CT molecular complexity index is 569. The van der Waals surface area contributed by atoms with Crippen LogP contribution in [0.4, 0.5) is 0 Å². The molecule has 1 heterocycles. The van der Waals surface area contributed by atoms with Gasteiger partial charge < -0.3 is 5.11 Å². The quantitative estimate of drug-likeness (QED) is 0.862. The van der Waals surface area contributed by atoms with Crippen molar-refractivity contribution >= 4 is 15.9 Å². The van der Waals surface area contributed by atoms with Crippen molar-refractivity contribution in [1.82, 2.24) is 15.0 Å². The Kier molecular flexibility index (Phi) is 4.29. The molecule has 0 radical (unpaired) electrons. The van der Waals surface area contributed by atoms with Gasteiger partial charge in [-0.15, -0.1) is 18.3 Å². The van der Waals surface area contributed by atoms with Gasteiger partial charge in [-0.3, -0.25) is 0 Å². The van der Waals surface area contributed by atoms with E-state index in [0.29, 0.717) is 5.69 Å². The number of hydrogen-bond acceptors (Lipinski definition) is 3. The fourth-order valence-corrected chi connectivity index (χ4v) is 1.95. The molecule has 0 saturated heterocycles. The molecule has 0 aliphatic rings. The fourth-order valence-electron chi connectivity index (χ4n) is 1.68. The van der Waals surface area contributed by atoms with Crippen LogP contribution in [0, 0.1) is 5.92 Å². The minimum absolute atomic E-state index is 0.241. The highest BCUT2D eigenvalue weighted by Gasteiger charge is 2.18. The van der Waals surface area contributed by atoms with E-state index in [4.69, 9.17) is 0 Å². The van der Waals surface area contributed by atoms with Gasteiger partial charge in [-0.05, 0) is 24.3 Å². The van der Waals surface area contributed by atoms with Crippen LogP contribution in [0.2, 0.25) is 0 Å². The van der Waals surface area contributed by atoms with Gasteiger partial charge in [-0.2, -0.15) is 0 Å². The van der Waals surface area contributed by atoms with E-state index in [2.05, 4.69) is 39.4 Å². The molecule has 2 rings (SSSR count). The summed E-state index contributed by atoms with van der Waals surface area (Å²) in [5.74, 6) is -0.241. The molecule has 1 atom stereocenters. The Labute approximate surface area is 120 Å². The molecule has 1 aromatic carbocycles. The molecule has 1 aromatic heterocycles. The van der Waals surface area contributed by atoms with E-state index in [-0.39, 0.29) is 5.92 Å². The summed E-state index contributed by atoms with van der Waals surface area (Å²) in [6.07, 6.45) is 4.19. The molecule has 0 fully saturated rings. The molecule has 0 bridgehead atoms. The summed E-state index contributed by atoms with van der Waals surface area (Å²) in [7, 11) is 0. The first-order chi connectivity index (χ1) is 9.15. The predicted octanol–water partition coefficient (Wildman–Crippen LogP) is 3.05. The second kappa shape index (κ2) is 5.95. The van der Waals surface area contributed by atoms with E-state index in [9.17, 15) is 5.11 Å². The van der Waals surface area contributed by atoms with Crippen molar-refractivity contribution < 1.29 is 5.11 Å². The van der Waals surface area contributed by atoms with Crippen LogP contribution < -0.4 is 0 Å². The molecule has 0 amide bonds. The molecule has 5 heteroatoms. The number of rotatable bonds is 5. The molecule has 4 nitrogen and oxygen atoms in total. The Morgan fingerprint density at radius 2 is 1.84 bits per heavy atom. The molecule has 19 heavy (non-hydrogen) atoms. The summed E-state index contributed by atoms with van der Waals surface area (Å²) in [4.78, 5) is 0. The van der Waals surface area contributed by atoms with E-state index < -0.39 is 6.10 Å². The third-order valence-corrected chi connectivity index (χ3v) is 3.34. The van der Waals surface area contributed by atoms with Crippen molar-refractivity contribution in [3.8, 4) is 5.69 Å². The van der Waals surface area contributed by atoms with Gasteiger partial charge in [0.15, 0.2) is 0 Å². The van der Waals surface area contributed by atoms with E-state index in [1.807, 2.05) is 24.3 Å². The third kappa shape index (κ3) is 3.00. The number of hydrogen-bond donors (Lipinski definition) is 1. The standard InChI is InChI=1S/C14H14BrN3O/c1-3-10(4-2)14(19)13-9-18(17-16-13)12-7-5-11(15)6-8-12/h3-10,14,19H,1-2H2. The van der Waals surface area contributed by atoms with E-state index in [0.717, 1.165) is 10.2 Å². The van der Waals surface area contributed by atoms with Crippen LogP contribution in [-0.4, -0.2) is 20.1 Å². The van der Waals surface area contributed by atoms with Gasteiger partial charge >= 0.3 is 0 Å². The first kappa shape index (κ1) is 13.7. The Morgan fingerprint density at radius 1 is 1.21 bits per heavy atom. The van der Waals surface area contributed by atoms with Crippen LogP contribution in [0.15, 0.2) is 60.2 Å². The second-order valence-electron chi connectivity index (χ2n) is 4.06. The Morgan fingerprint density at radius 3 is 2.42 bits per heavy atom. The van der Waals surface area contributed by atoms with Crippen LogP contribution >= 0.6 is 15.9 Å². The van der Waals surface area contributed by atoms with Gasteiger partial charge in [0.05, 0.1) is 11.9 Å². The van der Waals surface area contributed by atoms with Crippen molar-refractivity contribution in [2.75, 3.05) is 0 Å². The lowest BCUT2D eigenvalue weighted by molar-refractivity contribution is 0.146. The second-order valence-corrected chi connectivity index (χ2v) is 4.97. The highest BCUT2D eigenvalue weighted by molar-refractivity contribution is 9.10. The topological polar surface area (TPSA) is 50.9 Å². The van der Waals surface area contributed by atoms with Crippen molar-refractivity contribution in [2.45, 2.75) is 6.10 Å². The summed E-state index contributed by atoms with van der Waals surface area (Å²) < 4.78 is 2.61. The summed E-state index contributed by atoms with van der Waals surface area (Å²) in [6.45, 7) is 7.32. The van der Waals surface area contributed by atoms with Crippen LogP contribution in [-0.2, 0) is 0 Å². The molecular formula is C14H14BrN3O. The van der Waals surface area contributed by atoms with Gasteiger partial charge in [-0.25, -0.2) is 4.68 Å². The van der Waals surface area contributed by atoms with Gasteiger partial charge in [0.1, 0.15) is 11.8 Å². The number of nitrogens with zero attached hydrogens (tertiary/aromatic N) is 3. The van der Waals surface area contributed by atoms with Crippen molar-refractivity contribution in [3.05, 3.63) is 65.9 Å². The van der Waals surface area contributed by atoms with Crippen molar-refractivity contribution in [3.63, 3.8) is 0 Å². The molecule has 0 spiro atoms. The number of aromatic nitrogens is 3. The molecule has 0 aliphatic heterocycles. The van der Waals surface area contributed by atoms with Crippen LogP contribution in [0.25, 0.3) is 5.69 Å². The maximum Gasteiger partial charge on any atom is 0.113 e. The maximum atomic E-state index is 10.1. The lowest BCUT2D eigenvalue weighted by atomic mass is 10.0. The molecule has 0 saturated carbocycles. The largest absolute Gasteiger partial charge is 0.386 e. The molecule has 1 unspecified atom stereocenters. The van der Waals surface area contributed by atoms with Crippen LogP contribution in [0.3, 0.4) is 0 Å². The number of aliphatic hydroxyl groups is 1.